The normalized spacial score (nSPS) is 13.3. The molecule has 0 spiro atoms. The first-order valence-corrected chi connectivity index (χ1v) is 14.3. The largest absolute Gasteiger partial charge is 0.467 e. The topological polar surface area (TPSA) is 158 Å². The van der Waals surface area contributed by atoms with Gasteiger partial charge in [-0.1, -0.05) is 6.42 Å². The highest BCUT2D eigenvalue weighted by atomic mass is 16.6. The lowest BCUT2D eigenvalue weighted by Gasteiger charge is -2.24. The van der Waals surface area contributed by atoms with Crippen LogP contribution in [-0.4, -0.2) is 73.1 Å². The van der Waals surface area contributed by atoms with Crippen molar-refractivity contribution in [2.24, 2.45) is 5.92 Å². The van der Waals surface area contributed by atoms with E-state index in [2.05, 4.69) is 16.0 Å². The Balaban J connectivity index is 5.06. The second-order valence-electron chi connectivity index (χ2n) is 12.9. The Morgan fingerprint density at radius 3 is 1.49 bits per heavy atom. The number of ether oxygens (including phenoxy) is 4. The van der Waals surface area contributed by atoms with Crippen molar-refractivity contribution in [3.8, 4) is 0 Å². The Labute approximate surface area is 245 Å². The predicted molar refractivity (Wildman–Crippen MR) is 154 cm³/mol. The molecule has 0 bridgehead atoms. The number of methoxy groups -OCH3 is 1. The lowest BCUT2D eigenvalue weighted by molar-refractivity contribution is -0.157. The van der Waals surface area contributed by atoms with Gasteiger partial charge >= 0.3 is 24.1 Å². The summed E-state index contributed by atoms with van der Waals surface area (Å²) >= 11 is 0. The summed E-state index contributed by atoms with van der Waals surface area (Å²) in [6.07, 6.45) is 1.58. The SMILES string of the molecule is COC(=O)[C@H](CCCCNC(=O)OC(C)(C)C)NC(=O)[C@H](CCCCNC(=O)OC(C)(C)C)CC(=O)OC(C)(C)C. The molecule has 238 valence electrons. The standard InChI is InChI=1S/C29H53N3O9/c1-27(2,3)39-22(33)19-20(15-11-13-17-30-25(36)40-28(4,5)6)23(34)32-21(24(35)38-10)16-12-14-18-31-26(37)41-29(7,8)9/h20-21H,11-19H2,1-10H3,(H,30,36)(H,31,37)(H,32,34)/t20-,21+/m1/s1. The summed E-state index contributed by atoms with van der Waals surface area (Å²) < 4.78 is 20.7. The van der Waals surface area contributed by atoms with Crippen molar-refractivity contribution in [3.05, 3.63) is 0 Å². The minimum Gasteiger partial charge on any atom is -0.467 e. The molecule has 0 aliphatic heterocycles. The van der Waals surface area contributed by atoms with Gasteiger partial charge in [-0.3, -0.25) is 9.59 Å². The summed E-state index contributed by atoms with van der Waals surface area (Å²) in [4.78, 5) is 61.8. The average Bonchev–Trinajstić information content (AvgIpc) is 2.77. The zero-order valence-corrected chi connectivity index (χ0v) is 26.7. The van der Waals surface area contributed by atoms with Gasteiger partial charge in [-0.2, -0.15) is 0 Å². The van der Waals surface area contributed by atoms with Crippen LogP contribution in [0.2, 0.25) is 0 Å². The molecule has 0 heterocycles. The monoisotopic (exact) mass is 587 g/mol. The smallest absolute Gasteiger partial charge is 0.407 e. The lowest BCUT2D eigenvalue weighted by Crippen LogP contribution is -2.45. The van der Waals surface area contributed by atoms with E-state index in [0.717, 1.165) is 0 Å². The Bertz CT molecular complexity index is 855. The summed E-state index contributed by atoms with van der Waals surface area (Å²) in [7, 11) is 1.24. The number of rotatable bonds is 15. The van der Waals surface area contributed by atoms with Crippen molar-refractivity contribution in [3.63, 3.8) is 0 Å². The third-order valence-corrected chi connectivity index (χ3v) is 5.24. The van der Waals surface area contributed by atoms with Crippen molar-refractivity contribution in [2.75, 3.05) is 20.2 Å². The maximum absolute atomic E-state index is 13.2. The Hall–Kier alpha value is -3.05. The number of unbranched alkanes of at least 4 members (excludes halogenated alkanes) is 2. The zero-order valence-electron chi connectivity index (χ0n) is 26.7. The van der Waals surface area contributed by atoms with Gasteiger partial charge in [-0.15, -0.1) is 0 Å². The second kappa shape index (κ2) is 17.7. The summed E-state index contributed by atoms with van der Waals surface area (Å²) in [6, 6.07) is -0.913. The molecule has 12 nitrogen and oxygen atoms in total. The van der Waals surface area contributed by atoms with Crippen molar-refractivity contribution in [1.29, 1.82) is 0 Å². The van der Waals surface area contributed by atoms with Crippen LogP contribution in [0.3, 0.4) is 0 Å². The first-order chi connectivity index (χ1) is 18.7. The van der Waals surface area contributed by atoms with E-state index < -0.39 is 58.8 Å². The first kappa shape index (κ1) is 38.0. The molecule has 0 saturated carbocycles. The highest BCUT2D eigenvalue weighted by molar-refractivity contribution is 5.88. The van der Waals surface area contributed by atoms with Crippen LogP contribution in [0.5, 0.6) is 0 Å². The average molecular weight is 588 g/mol. The van der Waals surface area contributed by atoms with Crippen molar-refractivity contribution >= 4 is 30.0 Å². The third kappa shape index (κ3) is 21.4. The molecule has 3 N–H and O–H groups in total. The number of hydrogen-bond acceptors (Lipinski definition) is 9. The number of carbonyl (C=O) groups is 5. The van der Waals surface area contributed by atoms with Crippen LogP contribution in [0.15, 0.2) is 0 Å². The summed E-state index contributed by atoms with van der Waals surface area (Å²) in [6.45, 7) is 16.5. The Morgan fingerprint density at radius 1 is 0.634 bits per heavy atom. The third-order valence-electron chi connectivity index (χ3n) is 5.24. The molecule has 0 aliphatic rings. The van der Waals surface area contributed by atoms with Crippen LogP contribution < -0.4 is 16.0 Å². The van der Waals surface area contributed by atoms with E-state index >= 15 is 0 Å². The van der Waals surface area contributed by atoms with Gasteiger partial charge in [0.15, 0.2) is 0 Å². The Morgan fingerprint density at radius 2 is 1.07 bits per heavy atom. The number of alkyl carbamates (subject to hydrolysis) is 2. The highest BCUT2D eigenvalue weighted by Gasteiger charge is 2.29. The first-order valence-electron chi connectivity index (χ1n) is 14.3. The lowest BCUT2D eigenvalue weighted by atomic mass is 9.96. The van der Waals surface area contributed by atoms with Crippen LogP contribution in [0.25, 0.3) is 0 Å². The van der Waals surface area contributed by atoms with Gasteiger partial charge < -0.3 is 34.9 Å². The summed E-state index contributed by atoms with van der Waals surface area (Å²) in [5.41, 5.74) is -1.92. The molecule has 2 atom stereocenters. The molecule has 0 aromatic heterocycles. The van der Waals surface area contributed by atoms with Crippen molar-refractivity contribution < 1.29 is 42.9 Å². The molecule has 12 heteroatoms. The number of hydrogen-bond donors (Lipinski definition) is 3. The molecule has 3 amide bonds. The maximum atomic E-state index is 13.2. The van der Waals surface area contributed by atoms with E-state index in [9.17, 15) is 24.0 Å². The quantitative estimate of drug-likeness (QED) is 0.144. The maximum Gasteiger partial charge on any atom is 0.407 e. The number of amides is 3. The molecular weight excluding hydrogens is 534 g/mol. The van der Waals surface area contributed by atoms with E-state index in [1.807, 2.05) is 0 Å². The van der Waals surface area contributed by atoms with Gasteiger partial charge in [0.1, 0.15) is 22.8 Å². The van der Waals surface area contributed by atoms with Crippen LogP contribution in [-0.2, 0) is 33.3 Å². The molecular formula is C29H53N3O9. The van der Waals surface area contributed by atoms with E-state index in [-0.39, 0.29) is 12.8 Å². The molecule has 41 heavy (non-hydrogen) atoms. The van der Waals surface area contributed by atoms with Crippen molar-refractivity contribution in [2.45, 2.75) is 130 Å². The fraction of sp³-hybridized carbons (Fsp3) is 0.828. The van der Waals surface area contributed by atoms with Gasteiger partial charge in [0.25, 0.3) is 0 Å². The van der Waals surface area contributed by atoms with Gasteiger partial charge in [0, 0.05) is 19.0 Å². The Kier molecular flexibility index (Phi) is 16.4. The van der Waals surface area contributed by atoms with Crippen LogP contribution in [0.1, 0.15) is 107 Å². The highest BCUT2D eigenvalue weighted by Crippen LogP contribution is 2.18. The molecule has 0 aliphatic carbocycles. The predicted octanol–water partition coefficient (Wildman–Crippen LogP) is 4.38. The van der Waals surface area contributed by atoms with E-state index in [0.29, 0.717) is 45.2 Å². The zero-order chi connectivity index (χ0) is 31.9. The van der Waals surface area contributed by atoms with E-state index in [4.69, 9.17) is 18.9 Å². The molecule has 0 radical (unpaired) electrons. The molecule has 0 aromatic carbocycles. The molecule has 0 aromatic rings. The van der Waals surface area contributed by atoms with Crippen LogP contribution >= 0.6 is 0 Å². The van der Waals surface area contributed by atoms with Gasteiger partial charge in [-0.25, -0.2) is 14.4 Å². The van der Waals surface area contributed by atoms with Crippen LogP contribution in [0.4, 0.5) is 9.59 Å². The minimum atomic E-state index is -0.913. The van der Waals surface area contributed by atoms with Gasteiger partial charge in [-0.05, 0) is 94.4 Å². The fourth-order valence-corrected chi connectivity index (χ4v) is 3.59. The molecule has 0 unspecified atom stereocenters. The molecule has 0 saturated heterocycles. The van der Waals surface area contributed by atoms with Gasteiger partial charge in [0.2, 0.25) is 5.91 Å². The summed E-state index contributed by atoms with van der Waals surface area (Å²) in [5, 5.41) is 8.06. The van der Waals surface area contributed by atoms with E-state index in [1.54, 1.807) is 62.3 Å². The number of esters is 2. The summed E-state index contributed by atoms with van der Waals surface area (Å²) in [5.74, 6) is -2.32. The second-order valence-corrected chi connectivity index (χ2v) is 12.9. The molecule has 0 rings (SSSR count). The van der Waals surface area contributed by atoms with Gasteiger partial charge in [0.05, 0.1) is 13.5 Å². The van der Waals surface area contributed by atoms with Crippen molar-refractivity contribution in [1.82, 2.24) is 16.0 Å². The number of carbonyl (C=O) groups excluding carboxylic acids is 5. The molecule has 0 fully saturated rings. The number of nitrogens with one attached hydrogen (secondary N) is 3. The fourth-order valence-electron chi connectivity index (χ4n) is 3.59. The minimum absolute atomic E-state index is 0.156. The van der Waals surface area contributed by atoms with E-state index in [1.165, 1.54) is 7.11 Å². The van der Waals surface area contributed by atoms with Crippen LogP contribution in [0, 0.1) is 5.92 Å².